The van der Waals surface area contributed by atoms with E-state index in [0.717, 1.165) is 50.0 Å². The zero-order chi connectivity index (χ0) is 29.4. The van der Waals surface area contributed by atoms with Crippen LogP contribution in [-0.2, 0) is 23.7 Å². The van der Waals surface area contributed by atoms with E-state index in [-0.39, 0.29) is 24.4 Å². The number of esters is 1. The Morgan fingerprint density at radius 1 is 0.927 bits per heavy atom. The lowest BCUT2D eigenvalue weighted by molar-refractivity contribution is -0.273. The van der Waals surface area contributed by atoms with Crippen LogP contribution in [0.25, 0.3) is 0 Å². The molecule has 0 aromatic carbocycles. The minimum absolute atomic E-state index is 0.0547. The number of rotatable bonds is 3. The molecule has 6 fully saturated rings. The van der Waals surface area contributed by atoms with Crippen molar-refractivity contribution in [2.24, 2.45) is 52.3 Å². The van der Waals surface area contributed by atoms with Gasteiger partial charge in [-0.3, -0.25) is 4.79 Å². The second kappa shape index (κ2) is 10.4. The van der Waals surface area contributed by atoms with Crippen LogP contribution in [0.2, 0.25) is 0 Å². The number of ether oxygens (including phenoxy) is 4. The standard InChI is InChI=1S/C34H55NO6/c1-20-10-15-34(38-19-20)21(2)29-27(40-34)17-26-24-9-8-22-16-23(39-28(36)18-35-30(37)41-31(3,4)5)11-13-32(22,6)25(24)12-14-33(26,29)7/h20-27,29H,8-19H2,1-7H3,(H,35,37)/t20-,21-,22+,23-,24?,25?,26?,27-,29-,32-,33-,34+/m0/s1. The van der Waals surface area contributed by atoms with Crippen LogP contribution in [-0.4, -0.2) is 48.8 Å². The average molecular weight is 574 g/mol. The second-order valence-electron chi connectivity index (χ2n) is 16.4. The first kappa shape index (κ1) is 29.7. The molecule has 1 N–H and O–H groups in total. The number of nitrogens with one attached hydrogen (secondary N) is 1. The number of hydrogen-bond acceptors (Lipinski definition) is 6. The topological polar surface area (TPSA) is 83.1 Å². The number of amides is 1. The van der Waals surface area contributed by atoms with Gasteiger partial charge in [0.05, 0.1) is 12.7 Å². The Kier molecular flexibility index (Phi) is 7.53. The van der Waals surface area contributed by atoms with Crippen molar-refractivity contribution >= 4 is 12.1 Å². The fourth-order valence-corrected chi connectivity index (χ4v) is 11.0. The molecule has 6 aliphatic rings. The minimum atomic E-state index is -0.593. The summed E-state index contributed by atoms with van der Waals surface area (Å²) < 4.78 is 24.6. The van der Waals surface area contributed by atoms with Crippen molar-refractivity contribution in [3.05, 3.63) is 0 Å². The van der Waals surface area contributed by atoms with Gasteiger partial charge in [-0.2, -0.15) is 0 Å². The summed E-state index contributed by atoms with van der Waals surface area (Å²) in [6.45, 7) is 16.0. The quantitative estimate of drug-likeness (QED) is 0.371. The predicted octanol–water partition coefficient (Wildman–Crippen LogP) is 6.87. The third-order valence-electron chi connectivity index (χ3n) is 13.0. The molecule has 6 rings (SSSR count). The third-order valence-corrected chi connectivity index (χ3v) is 13.0. The van der Waals surface area contributed by atoms with E-state index in [0.29, 0.717) is 40.6 Å². The molecule has 0 bridgehead atoms. The van der Waals surface area contributed by atoms with Crippen LogP contribution < -0.4 is 5.32 Å². The van der Waals surface area contributed by atoms with Crippen molar-refractivity contribution in [1.82, 2.24) is 5.32 Å². The number of carbonyl (C=O) groups is 2. The lowest BCUT2D eigenvalue weighted by atomic mass is 9.44. The zero-order valence-corrected chi connectivity index (χ0v) is 26.6. The van der Waals surface area contributed by atoms with Crippen molar-refractivity contribution in [2.75, 3.05) is 13.2 Å². The van der Waals surface area contributed by atoms with Crippen LogP contribution in [0.4, 0.5) is 4.79 Å². The summed E-state index contributed by atoms with van der Waals surface area (Å²) in [6, 6.07) is 0. The van der Waals surface area contributed by atoms with Gasteiger partial charge in [-0.1, -0.05) is 27.7 Å². The Hall–Kier alpha value is -1.34. The largest absolute Gasteiger partial charge is 0.461 e. The molecular formula is C34H55NO6. The van der Waals surface area contributed by atoms with Gasteiger partial charge in [-0.25, -0.2) is 4.79 Å². The van der Waals surface area contributed by atoms with Crippen molar-refractivity contribution < 1.29 is 28.5 Å². The molecule has 2 aliphatic heterocycles. The monoisotopic (exact) mass is 573 g/mol. The highest BCUT2D eigenvalue weighted by molar-refractivity contribution is 5.78. The molecule has 0 radical (unpaired) electrons. The van der Waals surface area contributed by atoms with Gasteiger partial charge >= 0.3 is 12.1 Å². The maximum absolute atomic E-state index is 12.5. The molecule has 1 amide bonds. The molecule has 0 aromatic rings. The average Bonchev–Trinajstić information content (AvgIpc) is 3.34. The van der Waals surface area contributed by atoms with Gasteiger partial charge in [0.2, 0.25) is 0 Å². The molecule has 12 atom stereocenters. The molecular weight excluding hydrogens is 518 g/mol. The first-order chi connectivity index (χ1) is 19.2. The predicted molar refractivity (Wildman–Crippen MR) is 156 cm³/mol. The highest BCUT2D eigenvalue weighted by atomic mass is 16.7. The molecule has 4 aliphatic carbocycles. The summed E-state index contributed by atoms with van der Waals surface area (Å²) in [5.41, 5.74) is 0.0682. The highest BCUT2D eigenvalue weighted by Gasteiger charge is 2.69. The van der Waals surface area contributed by atoms with E-state index in [1.165, 1.54) is 38.5 Å². The Labute approximate surface area is 247 Å². The maximum atomic E-state index is 12.5. The minimum Gasteiger partial charge on any atom is -0.461 e. The fraction of sp³-hybridized carbons (Fsp3) is 0.941. The summed E-state index contributed by atoms with van der Waals surface area (Å²) in [4.78, 5) is 24.5. The number of hydrogen-bond donors (Lipinski definition) is 1. The Balaban J connectivity index is 1.07. The van der Waals surface area contributed by atoms with Crippen LogP contribution >= 0.6 is 0 Å². The van der Waals surface area contributed by atoms with E-state index in [1.807, 2.05) is 0 Å². The third kappa shape index (κ3) is 5.13. The molecule has 2 heterocycles. The van der Waals surface area contributed by atoms with Crippen LogP contribution in [0.3, 0.4) is 0 Å². The van der Waals surface area contributed by atoms with Gasteiger partial charge in [0.1, 0.15) is 18.2 Å². The molecule has 0 aromatic heterocycles. The molecule has 232 valence electrons. The molecule has 7 nitrogen and oxygen atoms in total. The van der Waals surface area contributed by atoms with Gasteiger partial charge in [-0.05, 0) is 125 Å². The lowest BCUT2D eigenvalue weighted by Gasteiger charge is -2.61. The van der Waals surface area contributed by atoms with Crippen molar-refractivity contribution in [1.29, 1.82) is 0 Å². The van der Waals surface area contributed by atoms with E-state index in [1.54, 1.807) is 20.8 Å². The highest BCUT2D eigenvalue weighted by Crippen LogP contribution is 2.71. The van der Waals surface area contributed by atoms with Crippen molar-refractivity contribution in [3.8, 4) is 0 Å². The Morgan fingerprint density at radius 3 is 2.39 bits per heavy atom. The van der Waals surface area contributed by atoms with E-state index in [9.17, 15) is 9.59 Å². The molecule has 2 saturated heterocycles. The van der Waals surface area contributed by atoms with Crippen molar-refractivity contribution in [3.63, 3.8) is 0 Å². The summed E-state index contributed by atoms with van der Waals surface area (Å²) in [6.07, 6.45) is 11.3. The number of fused-ring (bicyclic) bond motifs is 7. The Morgan fingerprint density at radius 2 is 1.68 bits per heavy atom. The Bertz CT molecular complexity index is 1020. The van der Waals surface area contributed by atoms with Crippen LogP contribution in [0.15, 0.2) is 0 Å². The van der Waals surface area contributed by atoms with E-state index < -0.39 is 11.7 Å². The summed E-state index contributed by atoms with van der Waals surface area (Å²) in [7, 11) is 0. The van der Waals surface area contributed by atoms with E-state index in [4.69, 9.17) is 18.9 Å². The van der Waals surface area contributed by atoms with Gasteiger partial charge in [0.15, 0.2) is 5.79 Å². The normalized spacial score (nSPS) is 48.9. The van der Waals surface area contributed by atoms with E-state index in [2.05, 4.69) is 33.0 Å². The first-order valence-electron chi connectivity index (χ1n) is 16.7. The maximum Gasteiger partial charge on any atom is 0.408 e. The molecule has 7 heteroatoms. The molecule has 41 heavy (non-hydrogen) atoms. The number of alkyl carbamates (subject to hydrolysis) is 1. The van der Waals surface area contributed by atoms with Crippen LogP contribution in [0.1, 0.15) is 113 Å². The van der Waals surface area contributed by atoms with Gasteiger partial charge < -0.3 is 24.3 Å². The molecule has 4 saturated carbocycles. The van der Waals surface area contributed by atoms with Crippen LogP contribution in [0.5, 0.6) is 0 Å². The lowest BCUT2D eigenvalue weighted by Crippen LogP contribution is -2.55. The summed E-state index contributed by atoms with van der Waals surface area (Å²) in [5.74, 6) is 3.86. The number of carbonyl (C=O) groups excluding carboxylic acids is 2. The molecule has 1 spiro atoms. The smallest absolute Gasteiger partial charge is 0.408 e. The SMILES string of the molecule is C[C@H]1CC[C@@]2(OC1)O[C@H]1CC3C4CC[C@@H]5C[C@@H](OC(=O)CNC(=O)OC(C)(C)C)CC[C@]5(C)C4CC[C@]3(C)[C@H]1[C@@H]2C. The van der Waals surface area contributed by atoms with Gasteiger partial charge in [0.25, 0.3) is 0 Å². The van der Waals surface area contributed by atoms with Crippen molar-refractivity contribution in [2.45, 2.75) is 136 Å². The second-order valence-corrected chi connectivity index (χ2v) is 16.4. The first-order valence-corrected chi connectivity index (χ1v) is 16.7. The van der Waals surface area contributed by atoms with E-state index >= 15 is 0 Å². The van der Waals surface area contributed by atoms with Gasteiger partial charge in [-0.15, -0.1) is 0 Å². The summed E-state index contributed by atoms with van der Waals surface area (Å²) >= 11 is 0. The zero-order valence-electron chi connectivity index (χ0n) is 26.6. The van der Waals surface area contributed by atoms with Gasteiger partial charge in [0, 0.05) is 12.3 Å². The fourth-order valence-electron chi connectivity index (χ4n) is 11.0. The molecule has 3 unspecified atom stereocenters. The van der Waals surface area contributed by atoms with Crippen LogP contribution in [0, 0.1) is 52.3 Å². The summed E-state index contributed by atoms with van der Waals surface area (Å²) in [5, 5.41) is 2.54.